The molecule has 34 heavy (non-hydrogen) atoms. The molecule has 0 saturated carbocycles. The van der Waals surface area contributed by atoms with Crippen LogP contribution in [0, 0.1) is 0 Å². The van der Waals surface area contributed by atoms with Crippen molar-refractivity contribution in [2.75, 3.05) is 12.4 Å². The third-order valence-electron chi connectivity index (χ3n) is 5.77. The molecular weight excluding hydrogens is 464 g/mol. The second kappa shape index (κ2) is 11.0. The van der Waals surface area contributed by atoms with Crippen LogP contribution in [0.3, 0.4) is 0 Å². The lowest BCUT2D eigenvalue weighted by Gasteiger charge is -2.20. The predicted molar refractivity (Wildman–Crippen MR) is 136 cm³/mol. The summed E-state index contributed by atoms with van der Waals surface area (Å²) >= 11 is 3.05. The maximum Gasteiger partial charge on any atom is 0.231 e. The number of benzene rings is 2. The maximum atomic E-state index is 13.1. The number of hydrogen-bond acceptors (Lipinski definition) is 6. The molecule has 5 rings (SSSR count). The smallest absolute Gasteiger partial charge is 0.231 e. The molecule has 2 aromatic heterocycles. The molecule has 2 aromatic carbocycles. The van der Waals surface area contributed by atoms with E-state index in [2.05, 4.69) is 20.1 Å². The lowest BCUT2D eigenvalue weighted by molar-refractivity contribution is -0.119. The third kappa shape index (κ3) is 5.41. The third-order valence-corrected chi connectivity index (χ3v) is 7.60. The Labute approximate surface area is 207 Å². The van der Waals surface area contributed by atoms with Crippen LogP contribution in [0.15, 0.2) is 83.3 Å². The molecule has 0 bridgehead atoms. The number of nitrogens with zero attached hydrogens (tertiary/aromatic N) is 3. The van der Waals surface area contributed by atoms with Crippen molar-refractivity contribution in [1.82, 2.24) is 20.1 Å². The van der Waals surface area contributed by atoms with Gasteiger partial charge in [0.2, 0.25) is 5.91 Å². The van der Waals surface area contributed by atoms with Crippen molar-refractivity contribution < 1.29 is 9.53 Å². The molecule has 1 aliphatic heterocycles. The van der Waals surface area contributed by atoms with Crippen LogP contribution in [-0.2, 0) is 16.1 Å². The lowest BCUT2D eigenvalue weighted by atomic mass is 9.99. The zero-order chi connectivity index (χ0) is 23.2. The van der Waals surface area contributed by atoms with E-state index >= 15 is 0 Å². The van der Waals surface area contributed by atoms with Crippen LogP contribution in [0.1, 0.15) is 30.0 Å². The molecule has 0 spiro atoms. The van der Waals surface area contributed by atoms with Crippen molar-refractivity contribution in [3.05, 3.63) is 89.3 Å². The number of thioether (sulfide) groups is 1. The van der Waals surface area contributed by atoms with Crippen LogP contribution in [0.2, 0.25) is 0 Å². The molecule has 0 radical (unpaired) electrons. The van der Waals surface area contributed by atoms with Crippen LogP contribution in [0.5, 0.6) is 0 Å². The summed E-state index contributed by atoms with van der Waals surface area (Å²) in [5.74, 6) is 1.04. The molecule has 1 unspecified atom stereocenters. The van der Waals surface area contributed by atoms with E-state index in [1.807, 2.05) is 78.2 Å². The Bertz CT molecular complexity index is 1150. The van der Waals surface area contributed by atoms with Crippen LogP contribution in [0.4, 0.5) is 0 Å². The van der Waals surface area contributed by atoms with Gasteiger partial charge < -0.3 is 10.1 Å². The maximum absolute atomic E-state index is 13.1. The molecule has 3 heterocycles. The fraction of sp³-hybridized carbons (Fsp3) is 0.269. The van der Waals surface area contributed by atoms with E-state index in [9.17, 15) is 4.79 Å². The highest BCUT2D eigenvalue weighted by Gasteiger charge is 2.23. The van der Waals surface area contributed by atoms with E-state index in [-0.39, 0.29) is 23.8 Å². The van der Waals surface area contributed by atoms with E-state index in [0.29, 0.717) is 6.54 Å². The number of ether oxygens (including phenoxy) is 1. The first-order valence-corrected chi connectivity index (χ1v) is 13.2. The van der Waals surface area contributed by atoms with Crippen molar-refractivity contribution in [3.63, 3.8) is 0 Å². The highest BCUT2D eigenvalue weighted by molar-refractivity contribution is 7.99. The minimum atomic E-state index is -0.207. The highest BCUT2D eigenvalue weighted by atomic mass is 32.2. The first-order chi connectivity index (χ1) is 16.8. The van der Waals surface area contributed by atoms with E-state index < -0.39 is 0 Å². The second-order valence-corrected chi connectivity index (χ2v) is 10.0. The fourth-order valence-electron chi connectivity index (χ4n) is 4.12. The van der Waals surface area contributed by atoms with Crippen molar-refractivity contribution in [2.45, 2.75) is 36.7 Å². The number of rotatable bonds is 9. The van der Waals surface area contributed by atoms with Gasteiger partial charge in [0.15, 0.2) is 11.0 Å². The summed E-state index contributed by atoms with van der Waals surface area (Å²) in [6.45, 7) is 1.49. The van der Waals surface area contributed by atoms with Gasteiger partial charge >= 0.3 is 0 Å². The second-order valence-electron chi connectivity index (χ2n) is 8.14. The zero-order valence-electron chi connectivity index (χ0n) is 18.7. The fourth-order valence-corrected chi connectivity index (χ4v) is 5.60. The van der Waals surface area contributed by atoms with Crippen molar-refractivity contribution in [1.29, 1.82) is 0 Å². The molecule has 1 amide bonds. The number of hydrogen-bond donors (Lipinski definition) is 1. The van der Waals surface area contributed by atoms with Gasteiger partial charge in [-0.15, -0.1) is 21.5 Å². The van der Waals surface area contributed by atoms with E-state index in [1.165, 1.54) is 11.8 Å². The number of carbonyl (C=O) groups excluding carboxylic acids is 1. The molecule has 1 saturated heterocycles. The first-order valence-electron chi connectivity index (χ1n) is 11.4. The number of amides is 1. The Balaban J connectivity index is 1.31. The highest BCUT2D eigenvalue weighted by Crippen LogP contribution is 2.29. The van der Waals surface area contributed by atoms with Gasteiger partial charge in [-0.3, -0.25) is 9.36 Å². The topological polar surface area (TPSA) is 69.0 Å². The summed E-state index contributed by atoms with van der Waals surface area (Å²) in [5.41, 5.74) is 2.10. The minimum absolute atomic E-state index is 0.0490. The van der Waals surface area contributed by atoms with Crippen molar-refractivity contribution in [3.8, 4) is 10.7 Å². The van der Waals surface area contributed by atoms with Gasteiger partial charge in [-0.1, -0.05) is 78.5 Å². The molecule has 8 heteroatoms. The zero-order valence-corrected chi connectivity index (χ0v) is 20.3. The van der Waals surface area contributed by atoms with Gasteiger partial charge in [-0.05, 0) is 35.4 Å². The van der Waals surface area contributed by atoms with E-state index in [0.717, 1.165) is 46.4 Å². The average molecular weight is 491 g/mol. The Kier molecular flexibility index (Phi) is 7.38. The Morgan fingerprint density at radius 2 is 1.79 bits per heavy atom. The molecule has 0 aliphatic carbocycles. The summed E-state index contributed by atoms with van der Waals surface area (Å²) < 4.78 is 7.97. The number of nitrogens with one attached hydrogen (secondary N) is 1. The predicted octanol–water partition coefficient (Wildman–Crippen LogP) is 5.18. The average Bonchev–Trinajstić information content (AvgIpc) is 3.65. The summed E-state index contributed by atoms with van der Waals surface area (Å²) in [4.78, 5) is 14.1. The monoisotopic (exact) mass is 490 g/mol. The summed E-state index contributed by atoms with van der Waals surface area (Å²) in [7, 11) is 0. The Hall–Kier alpha value is -2.94. The molecule has 1 atom stereocenters. The number of aromatic nitrogens is 3. The van der Waals surface area contributed by atoms with Crippen molar-refractivity contribution >= 4 is 29.0 Å². The van der Waals surface area contributed by atoms with Gasteiger partial charge in [-0.2, -0.15) is 0 Å². The summed E-state index contributed by atoms with van der Waals surface area (Å²) in [5, 5.41) is 14.9. The SMILES string of the molecule is O=C(CSc1nnc(-c2cccs2)n1CC1CCCO1)NC(c1ccccc1)c1ccccc1. The van der Waals surface area contributed by atoms with Gasteiger partial charge in [0, 0.05) is 6.61 Å². The minimum Gasteiger partial charge on any atom is -0.376 e. The number of thiophene rings is 1. The van der Waals surface area contributed by atoms with E-state index in [1.54, 1.807) is 11.3 Å². The van der Waals surface area contributed by atoms with Crippen LogP contribution in [-0.4, -0.2) is 39.1 Å². The molecule has 1 N–H and O–H groups in total. The Morgan fingerprint density at radius 1 is 1.06 bits per heavy atom. The van der Waals surface area contributed by atoms with E-state index in [4.69, 9.17) is 4.74 Å². The normalized spacial score (nSPS) is 15.6. The van der Waals surface area contributed by atoms with Gasteiger partial charge in [0.05, 0.1) is 29.3 Å². The first kappa shape index (κ1) is 22.8. The van der Waals surface area contributed by atoms with Crippen LogP contribution < -0.4 is 5.32 Å². The quantitative estimate of drug-likeness (QED) is 0.327. The Morgan fingerprint density at radius 3 is 2.41 bits per heavy atom. The standard InChI is InChI=1S/C26H26N4O2S2/c31-23(27-24(19-9-3-1-4-10-19)20-11-5-2-6-12-20)18-34-26-29-28-25(22-14-8-16-33-22)30(26)17-21-13-7-15-32-21/h1-6,8-12,14,16,21,24H,7,13,15,17-18H2,(H,27,31). The summed E-state index contributed by atoms with van der Waals surface area (Å²) in [6, 6.07) is 23.9. The van der Waals surface area contributed by atoms with Crippen molar-refractivity contribution in [2.24, 2.45) is 0 Å². The van der Waals surface area contributed by atoms with Crippen LogP contribution >= 0.6 is 23.1 Å². The molecular formula is C26H26N4O2S2. The summed E-state index contributed by atoms with van der Waals surface area (Å²) in [6.07, 6.45) is 2.26. The molecule has 174 valence electrons. The molecule has 1 fully saturated rings. The lowest BCUT2D eigenvalue weighted by Crippen LogP contribution is -2.30. The number of carbonyl (C=O) groups is 1. The van der Waals surface area contributed by atoms with Gasteiger partial charge in [0.1, 0.15) is 0 Å². The molecule has 1 aliphatic rings. The molecule has 4 aromatic rings. The van der Waals surface area contributed by atoms with Gasteiger partial charge in [-0.25, -0.2) is 0 Å². The van der Waals surface area contributed by atoms with Gasteiger partial charge in [0.25, 0.3) is 0 Å². The largest absolute Gasteiger partial charge is 0.376 e. The van der Waals surface area contributed by atoms with Crippen LogP contribution in [0.25, 0.3) is 10.7 Å². The molecule has 6 nitrogen and oxygen atoms in total.